The van der Waals surface area contributed by atoms with Gasteiger partial charge in [0.1, 0.15) is 11.5 Å². The van der Waals surface area contributed by atoms with Crippen LogP contribution in [0.1, 0.15) is 30.6 Å². The molecule has 0 saturated carbocycles. The summed E-state index contributed by atoms with van der Waals surface area (Å²) in [6.07, 6.45) is -2.68. The van der Waals surface area contributed by atoms with Crippen LogP contribution >= 0.6 is 11.6 Å². The van der Waals surface area contributed by atoms with Gasteiger partial charge in [0.05, 0.1) is 5.69 Å². The average molecular weight is 509 g/mol. The summed E-state index contributed by atoms with van der Waals surface area (Å²) in [7, 11) is 0. The Morgan fingerprint density at radius 3 is 2.54 bits per heavy atom. The van der Waals surface area contributed by atoms with Crippen molar-refractivity contribution in [1.29, 1.82) is 0 Å². The van der Waals surface area contributed by atoms with Crippen molar-refractivity contribution in [1.82, 2.24) is 19.1 Å². The van der Waals surface area contributed by atoms with E-state index in [-0.39, 0.29) is 49.4 Å². The average Bonchev–Trinajstić information content (AvgIpc) is 3.42. The molecule has 8 nitrogen and oxygen atoms in total. The third-order valence-corrected chi connectivity index (χ3v) is 5.61. The van der Waals surface area contributed by atoms with Crippen molar-refractivity contribution in [2.45, 2.75) is 44.8 Å². The fourth-order valence-electron chi connectivity index (χ4n) is 3.68. The second kappa shape index (κ2) is 9.95. The Bertz CT molecular complexity index is 1470. The zero-order valence-electron chi connectivity index (χ0n) is 18.3. The molecule has 3 aromatic heterocycles. The molecule has 0 aliphatic rings. The van der Waals surface area contributed by atoms with Gasteiger partial charge in [-0.3, -0.25) is 18.8 Å². The number of aryl methyl sites for hydroxylation is 2. The molecule has 0 aliphatic heterocycles. The molecule has 35 heavy (non-hydrogen) atoms. The highest BCUT2D eigenvalue weighted by Gasteiger charge is 2.26. The molecule has 0 radical (unpaired) electrons. The summed E-state index contributed by atoms with van der Waals surface area (Å²) in [6, 6.07) is 7.98. The minimum atomic E-state index is -4.31. The number of ketones is 1. The summed E-state index contributed by atoms with van der Waals surface area (Å²) >= 11 is 5.93. The Balaban J connectivity index is 1.64. The summed E-state index contributed by atoms with van der Waals surface area (Å²) in [4.78, 5) is 41.2. The highest BCUT2D eigenvalue weighted by molar-refractivity contribution is 6.30. The van der Waals surface area contributed by atoms with E-state index in [9.17, 15) is 27.6 Å². The second-order valence-electron chi connectivity index (χ2n) is 8.07. The SMILES string of the molecule is O=C(CCc1cc(=O)[nH]o1)Cc1cn(CCCC(F)(F)F)c2nc(-c3ccc(Cl)cc3)cn2c1=O. The van der Waals surface area contributed by atoms with Gasteiger partial charge in [-0.2, -0.15) is 18.3 Å². The van der Waals surface area contributed by atoms with Crippen molar-refractivity contribution in [3.8, 4) is 11.3 Å². The first-order valence-electron chi connectivity index (χ1n) is 10.7. The van der Waals surface area contributed by atoms with Gasteiger partial charge in [0, 0.05) is 66.8 Å². The zero-order valence-corrected chi connectivity index (χ0v) is 19.0. The number of alkyl halides is 3. The first-order chi connectivity index (χ1) is 16.6. The number of H-pyrrole nitrogens is 1. The number of Topliss-reactive ketones (excluding diaryl/α,β-unsaturated/α-hetero) is 1. The minimum absolute atomic E-state index is 0.0201. The van der Waals surface area contributed by atoms with E-state index in [1.54, 1.807) is 24.3 Å². The third-order valence-electron chi connectivity index (χ3n) is 5.36. The van der Waals surface area contributed by atoms with Crippen LogP contribution in [0.5, 0.6) is 0 Å². The molecule has 0 unspecified atom stereocenters. The number of hydrogen-bond acceptors (Lipinski definition) is 5. The number of hydrogen-bond donors (Lipinski definition) is 1. The second-order valence-corrected chi connectivity index (χ2v) is 8.51. The number of nitrogens with zero attached hydrogens (tertiary/aromatic N) is 3. The first kappa shape index (κ1) is 24.5. The van der Waals surface area contributed by atoms with Gasteiger partial charge in [-0.1, -0.05) is 23.7 Å². The van der Waals surface area contributed by atoms with Gasteiger partial charge in [0.25, 0.3) is 11.1 Å². The van der Waals surface area contributed by atoms with Gasteiger partial charge >= 0.3 is 6.18 Å². The lowest BCUT2D eigenvalue weighted by molar-refractivity contribution is -0.135. The molecule has 4 rings (SSSR count). The van der Waals surface area contributed by atoms with Gasteiger partial charge in [-0.15, -0.1) is 0 Å². The standard InChI is InChI=1S/C23H20ClF3N4O4/c24-16-4-2-14(3-5-16)19-13-31-21(34)15(10-17(32)6-7-18-11-20(33)29-35-18)12-30(22(31)28-19)9-1-8-23(25,26)27/h2-5,11-13H,1,6-10H2,(H,29,33). The summed E-state index contributed by atoms with van der Waals surface area (Å²) < 4.78 is 45.7. The monoisotopic (exact) mass is 508 g/mol. The third kappa shape index (κ3) is 6.10. The van der Waals surface area contributed by atoms with Crippen LogP contribution in [0, 0.1) is 0 Å². The van der Waals surface area contributed by atoms with Gasteiger partial charge in [0.15, 0.2) is 0 Å². The van der Waals surface area contributed by atoms with Crippen LogP contribution in [0.25, 0.3) is 17.0 Å². The van der Waals surface area contributed by atoms with E-state index in [4.69, 9.17) is 16.1 Å². The Morgan fingerprint density at radius 1 is 1.14 bits per heavy atom. The number of imidazole rings is 1. The number of benzene rings is 1. The Morgan fingerprint density at radius 2 is 1.89 bits per heavy atom. The Hall–Kier alpha value is -3.60. The Kier molecular flexibility index (Phi) is 6.97. The summed E-state index contributed by atoms with van der Waals surface area (Å²) in [5.41, 5.74) is 0.335. The Labute approximate surface area is 200 Å². The first-order valence-corrected chi connectivity index (χ1v) is 11.1. The lowest BCUT2D eigenvalue weighted by Crippen LogP contribution is -2.24. The number of carbonyl (C=O) groups excluding carboxylic acids is 1. The van der Waals surface area contributed by atoms with E-state index in [1.165, 1.54) is 27.4 Å². The largest absolute Gasteiger partial charge is 0.389 e. The van der Waals surface area contributed by atoms with Crippen LogP contribution in [0.3, 0.4) is 0 Å². The van der Waals surface area contributed by atoms with E-state index < -0.39 is 23.7 Å². The van der Waals surface area contributed by atoms with E-state index in [2.05, 4.69) is 10.1 Å². The van der Waals surface area contributed by atoms with E-state index in [0.29, 0.717) is 22.0 Å². The molecule has 0 saturated heterocycles. The van der Waals surface area contributed by atoms with Crippen LogP contribution in [0.15, 0.2) is 56.8 Å². The van der Waals surface area contributed by atoms with Gasteiger partial charge in [-0.25, -0.2) is 4.98 Å². The van der Waals surface area contributed by atoms with Crippen molar-refractivity contribution in [2.75, 3.05) is 0 Å². The van der Waals surface area contributed by atoms with E-state index >= 15 is 0 Å². The van der Waals surface area contributed by atoms with Gasteiger partial charge in [-0.05, 0) is 18.6 Å². The summed E-state index contributed by atoms with van der Waals surface area (Å²) in [5.74, 6) is 0.197. The molecule has 1 N–H and O–H groups in total. The number of fused-ring (bicyclic) bond motifs is 1. The summed E-state index contributed by atoms with van der Waals surface area (Å²) in [5, 5.41) is 2.65. The maximum absolute atomic E-state index is 13.1. The molecule has 0 fully saturated rings. The zero-order chi connectivity index (χ0) is 25.2. The van der Waals surface area contributed by atoms with E-state index in [0.717, 1.165) is 0 Å². The van der Waals surface area contributed by atoms with Crippen LogP contribution < -0.4 is 11.1 Å². The normalized spacial score (nSPS) is 11.9. The summed E-state index contributed by atoms with van der Waals surface area (Å²) in [6.45, 7) is -0.0456. The molecule has 1 aromatic carbocycles. The molecule has 0 aliphatic carbocycles. The number of nitrogens with one attached hydrogen (secondary N) is 1. The van der Waals surface area contributed by atoms with Crippen LogP contribution in [-0.2, 0) is 24.2 Å². The number of aromatic amines is 1. The lowest BCUT2D eigenvalue weighted by atomic mass is 10.1. The molecule has 0 bridgehead atoms. The minimum Gasteiger partial charge on any atom is -0.384 e. The van der Waals surface area contributed by atoms with Crippen LogP contribution in [0.2, 0.25) is 5.02 Å². The molecular weight excluding hydrogens is 489 g/mol. The lowest BCUT2D eigenvalue weighted by Gasteiger charge is -2.12. The van der Waals surface area contributed by atoms with Crippen LogP contribution in [0.4, 0.5) is 13.2 Å². The number of aromatic nitrogens is 4. The number of halogens is 4. The van der Waals surface area contributed by atoms with Gasteiger partial charge < -0.3 is 9.09 Å². The molecular formula is C23H20ClF3N4O4. The van der Waals surface area contributed by atoms with Crippen LogP contribution in [-0.4, -0.2) is 31.1 Å². The molecule has 12 heteroatoms. The quantitative estimate of drug-likeness (QED) is 0.365. The number of rotatable bonds is 9. The predicted octanol–water partition coefficient (Wildman–Crippen LogP) is 4.18. The number of carbonyl (C=O) groups is 1. The van der Waals surface area contributed by atoms with Crippen molar-refractivity contribution in [2.24, 2.45) is 0 Å². The molecule has 184 valence electrons. The molecule has 3 heterocycles. The van der Waals surface area contributed by atoms with E-state index in [1.807, 2.05) is 0 Å². The highest BCUT2D eigenvalue weighted by Crippen LogP contribution is 2.23. The maximum Gasteiger partial charge on any atom is 0.389 e. The van der Waals surface area contributed by atoms with Crippen molar-refractivity contribution in [3.63, 3.8) is 0 Å². The maximum atomic E-state index is 13.1. The smallest absolute Gasteiger partial charge is 0.384 e. The van der Waals surface area contributed by atoms with Crippen molar-refractivity contribution < 1.29 is 22.5 Å². The molecule has 4 aromatic rings. The van der Waals surface area contributed by atoms with Crippen molar-refractivity contribution >= 4 is 23.2 Å². The highest BCUT2D eigenvalue weighted by atomic mass is 35.5. The molecule has 0 spiro atoms. The predicted molar refractivity (Wildman–Crippen MR) is 122 cm³/mol. The fraction of sp³-hybridized carbons (Fsp3) is 0.304. The fourth-order valence-corrected chi connectivity index (χ4v) is 3.81. The van der Waals surface area contributed by atoms with Crippen molar-refractivity contribution in [3.05, 3.63) is 79.8 Å². The molecule has 0 atom stereocenters. The van der Waals surface area contributed by atoms with Gasteiger partial charge in [0.2, 0.25) is 5.78 Å². The molecule has 0 amide bonds. The topological polar surface area (TPSA) is 102 Å².